The van der Waals surface area contributed by atoms with E-state index in [1.807, 2.05) is 11.8 Å². The molecule has 6 heteroatoms. The highest BCUT2D eigenvalue weighted by Gasteiger charge is 2.12. The van der Waals surface area contributed by atoms with Gasteiger partial charge in [0.2, 0.25) is 5.89 Å². The summed E-state index contributed by atoms with van der Waals surface area (Å²) in [5, 5.41) is 20.1. The Balaban J connectivity index is 2.45. The number of anilines is 1. The van der Waals surface area contributed by atoms with Gasteiger partial charge in [-0.3, -0.25) is 0 Å². The van der Waals surface area contributed by atoms with Crippen molar-refractivity contribution in [3.63, 3.8) is 0 Å². The molecule has 0 radical (unpaired) electrons. The number of aliphatic hydroxyl groups is 1. The molecule has 1 heterocycles. The van der Waals surface area contributed by atoms with Gasteiger partial charge in [-0.1, -0.05) is 18.9 Å². The van der Waals surface area contributed by atoms with Gasteiger partial charge in [-0.2, -0.15) is 0 Å². The normalized spacial score (nSPS) is 11.2. The molecule has 6 nitrogen and oxygen atoms in total. The number of hydrogen-bond donors (Lipinski definition) is 2. The van der Waals surface area contributed by atoms with E-state index in [4.69, 9.17) is 9.52 Å². The highest BCUT2D eigenvalue weighted by Crippen LogP contribution is 2.12. The van der Waals surface area contributed by atoms with Crippen molar-refractivity contribution in [2.24, 2.45) is 5.92 Å². The van der Waals surface area contributed by atoms with Crippen LogP contribution in [0.4, 0.5) is 6.01 Å². The van der Waals surface area contributed by atoms with E-state index in [1.54, 1.807) is 0 Å². The molecule has 18 heavy (non-hydrogen) atoms. The number of nitrogens with one attached hydrogen (secondary N) is 1. The summed E-state index contributed by atoms with van der Waals surface area (Å²) in [5.41, 5.74) is 0. The summed E-state index contributed by atoms with van der Waals surface area (Å²) in [6, 6.07) is 0.535. The third-order valence-electron chi connectivity index (χ3n) is 2.52. The fourth-order valence-electron chi connectivity index (χ4n) is 1.56. The number of hydrogen-bond acceptors (Lipinski definition) is 6. The Labute approximate surface area is 108 Å². The van der Waals surface area contributed by atoms with Crippen molar-refractivity contribution in [3.8, 4) is 0 Å². The second-order valence-electron chi connectivity index (χ2n) is 4.66. The van der Waals surface area contributed by atoms with Crippen molar-refractivity contribution in [1.29, 1.82) is 0 Å². The van der Waals surface area contributed by atoms with Crippen molar-refractivity contribution in [2.45, 2.75) is 33.7 Å². The van der Waals surface area contributed by atoms with Gasteiger partial charge >= 0.3 is 6.01 Å². The maximum atomic E-state index is 8.83. The van der Waals surface area contributed by atoms with Crippen molar-refractivity contribution in [3.05, 3.63) is 5.89 Å². The average Bonchev–Trinajstić information content (AvgIpc) is 2.78. The average molecular weight is 256 g/mol. The summed E-state index contributed by atoms with van der Waals surface area (Å²) in [4.78, 5) is 1.97. The fourth-order valence-corrected chi connectivity index (χ4v) is 1.56. The van der Waals surface area contributed by atoms with E-state index in [0.717, 1.165) is 19.6 Å². The molecule has 0 atom stereocenters. The Morgan fingerprint density at radius 1 is 1.39 bits per heavy atom. The third-order valence-corrected chi connectivity index (χ3v) is 2.52. The Bertz CT molecular complexity index is 328. The molecule has 0 saturated carbocycles. The molecule has 0 aliphatic carbocycles. The zero-order valence-corrected chi connectivity index (χ0v) is 11.5. The van der Waals surface area contributed by atoms with Crippen molar-refractivity contribution in [2.75, 3.05) is 31.1 Å². The van der Waals surface area contributed by atoms with Crippen molar-refractivity contribution < 1.29 is 9.52 Å². The van der Waals surface area contributed by atoms with Gasteiger partial charge in [0.1, 0.15) is 0 Å². The van der Waals surface area contributed by atoms with Crippen LogP contribution in [-0.4, -0.2) is 41.5 Å². The molecule has 0 aliphatic rings. The van der Waals surface area contributed by atoms with Crippen LogP contribution < -0.4 is 10.2 Å². The van der Waals surface area contributed by atoms with Crippen LogP contribution in [0.2, 0.25) is 0 Å². The zero-order valence-electron chi connectivity index (χ0n) is 11.5. The van der Waals surface area contributed by atoms with Crippen LogP contribution >= 0.6 is 0 Å². The molecule has 0 aliphatic heterocycles. The predicted molar refractivity (Wildman–Crippen MR) is 70.4 cm³/mol. The Hall–Kier alpha value is -1.14. The smallest absolute Gasteiger partial charge is 0.318 e. The minimum absolute atomic E-state index is 0.174. The minimum Gasteiger partial charge on any atom is -0.407 e. The predicted octanol–water partition coefficient (Wildman–Crippen LogP) is 1.02. The molecule has 0 saturated heterocycles. The van der Waals surface area contributed by atoms with Gasteiger partial charge in [-0.25, -0.2) is 0 Å². The lowest BCUT2D eigenvalue weighted by molar-refractivity contribution is 0.288. The standard InChI is InChI=1S/C12H24N4O2/c1-4-16(6-5-7-17)12-15-14-11(18-12)9-13-8-10(2)3/h10,13,17H,4-9H2,1-3H3. The number of aromatic nitrogens is 2. The van der Waals surface area contributed by atoms with Gasteiger partial charge in [0, 0.05) is 19.7 Å². The second-order valence-corrected chi connectivity index (χ2v) is 4.66. The van der Waals surface area contributed by atoms with Crippen LogP contribution in [0.5, 0.6) is 0 Å². The lowest BCUT2D eigenvalue weighted by Gasteiger charge is -2.16. The summed E-state index contributed by atoms with van der Waals surface area (Å²) in [5.74, 6) is 1.21. The third kappa shape index (κ3) is 5.01. The first-order valence-corrected chi connectivity index (χ1v) is 6.56. The minimum atomic E-state index is 0.174. The first kappa shape index (κ1) is 14.9. The van der Waals surface area contributed by atoms with Gasteiger partial charge in [-0.05, 0) is 25.8 Å². The van der Waals surface area contributed by atoms with Crippen molar-refractivity contribution >= 4 is 6.01 Å². The summed E-state index contributed by atoms with van der Waals surface area (Å²) in [7, 11) is 0. The molecule has 0 unspecified atom stereocenters. The summed E-state index contributed by atoms with van der Waals surface area (Å²) in [6.07, 6.45) is 0.706. The number of aliphatic hydroxyl groups excluding tert-OH is 1. The Morgan fingerprint density at radius 3 is 2.78 bits per heavy atom. The van der Waals surface area contributed by atoms with Gasteiger partial charge in [0.15, 0.2) is 0 Å². The van der Waals surface area contributed by atoms with Crippen molar-refractivity contribution in [1.82, 2.24) is 15.5 Å². The van der Waals surface area contributed by atoms with Gasteiger partial charge in [0.25, 0.3) is 0 Å². The highest BCUT2D eigenvalue weighted by atomic mass is 16.4. The van der Waals surface area contributed by atoms with Crippen LogP contribution in [-0.2, 0) is 6.54 Å². The van der Waals surface area contributed by atoms with Crippen LogP contribution in [0.1, 0.15) is 33.1 Å². The highest BCUT2D eigenvalue weighted by molar-refractivity contribution is 5.23. The van der Waals surface area contributed by atoms with E-state index >= 15 is 0 Å². The molecule has 1 aromatic rings. The number of rotatable bonds is 9. The quantitative estimate of drug-likeness (QED) is 0.687. The topological polar surface area (TPSA) is 74.4 Å². The van der Waals surface area contributed by atoms with E-state index in [-0.39, 0.29) is 6.61 Å². The summed E-state index contributed by atoms with van der Waals surface area (Å²) >= 11 is 0. The molecule has 104 valence electrons. The van der Waals surface area contributed by atoms with E-state index in [0.29, 0.717) is 30.8 Å². The van der Waals surface area contributed by atoms with Crippen LogP contribution in [0.15, 0.2) is 4.42 Å². The zero-order chi connectivity index (χ0) is 13.4. The molecular weight excluding hydrogens is 232 g/mol. The molecule has 1 rings (SSSR count). The van der Waals surface area contributed by atoms with Crippen LogP contribution in [0.25, 0.3) is 0 Å². The summed E-state index contributed by atoms with van der Waals surface area (Å²) in [6.45, 7) is 9.56. The number of nitrogens with zero attached hydrogens (tertiary/aromatic N) is 3. The van der Waals surface area contributed by atoms with E-state index < -0.39 is 0 Å². The molecule has 0 amide bonds. The van der Waals surface area contributed by atoms with E-state index in [9.17, 15) is 0 Å². The van der Waals surface area contributed by atoms with Crippen LogP contribution in [0.3, 0.4) is 0 Å². The van der Waals surface area contributed by atoms with E-state index in [1.165, 1.54) is 0 Å². The SMILES string of the molecule is CCN(CCCO)c1nnc(CNCC(C)C)o1. The molecule has 0 spiro atoms. The molecule has 0 aromatic carbocycles. The summed E-state index contributed by atoms with van der Waals surface area (Å²) < 4.78 is 5.58. The fraction of sp³-hybridized carbons (Fsp3) is 0.833. The second kappa shape index (κ2) is 8.05. The van der Waals surface area contributed by atoms with Crippen LogP contribution in [0, 0.1) is 5.92 Å². The van der Waals surface area contributed by atoms with Gasteiger partial charge < -0.3 is 19.7 Å². The Kier molecular flexibility index (Phi) is 6.67. The van der Waals surface area contributed by atoms with Gasteiger partial charge in [-0.15, -0.1) is 5.10 Å². The van der Waals surface area contributed by atoms with E-state index in [2.05, 4.69) is 29.4 Å². The maximum absolute atomic E-state index is 8.83. The monoisotopic (exact) mass is 256 g/mol. The maximum Gasteiger partial charge on any atom is 0.318 e. The molecule has 2 N–H and O–H groups in total. The molecule has 0 fully saturated rings. The Morgan fingerprint density at radius 2 is 2.17 bits per heavy atom. The molecular formula is C12H24N4O2. The molecule has 1 aromatic heterocycles. The van der Waals surface area contributed by atoms with Gasteiger partial charge in [0.05, 0.1) is 6.54 Å². The molecule has 0 bridgehead atoms. The first-order valence-electron chi connectivity index (χ1n) is 6.56. The first-order chi connectivity index (χ1) is 8.67. The lowest BCUT2D eigenvalue weighted by Crippen LogP contribution is -2.24. The lowest BCUT2D eigenvalue weighted by atomic mass is 10.2. The largest absolute Gasteiger partial charge is 0.407 e.